The molecule has 0 heterocycles. The van der Waals surface area contributed by atoms with Gasteiger partial charge < -0.3 is 15.2 Å². The van der Waals surface area contributed by atoms with Crippen LogP contribution in [-0.4, -0.2) is 12.2 Å². The largest absolute Gasteiger partial charge is 0.508 e. The zero-order valence-corrected chi connectivity index (χ0v) is 10.3. The van der Waals surface area contributed by atoms with Crippen molar-refractivity contribution < 1.29 is 18.6 Å². The molecule has 0 aliphatic carbocycles. The minimum Gasteiger partial charge on any atom is -0.508 e. The van der Waals surface area contributed by atoms with Crippen LogP contribution in [0, 0.1) is 11.6 Å². The fourth-order valence-corrected chi connectivity index (χ4v) is 1.65. The lowest BCUT2D eigenvalue weighted by atomic mass is 10.2. The molecule has 2 rings (SSSR count). The van der Waals surface area contributed by atoms with E-state index in [4.69, 9.17) is 4.74 Å². The molecular formula is C14H13F2NO2. The minimum absolute atomic E-state index is 0.0443. The number of hydrogen-bond acceptors (Lipinski definition) is 3. The van der Waals surface area contributed by atoms with Crippen molar-refractivity contribution in [2.75, 3.05) is 12.4 Å². The Morgan fingerprint density at radius 2 is 1.95 bits per heavy atom. The summed E-state index contributed by atoms with van der Waals surface area (Å²) in [5.41, 5.74) is 0.574. The van der Waals surface area contributed by atoms with Crippen LogP contribution in [0.1, 0.15) is 5.56 Å². The van der Waals surface area contributed by atoms with Crippen LogP contribution < -0.4 is 10.1 Å². The molecule has 0 atom stereocenters. The maximum atomic E-state index is 13.5. The zero-order valence-electron chi connectivity index (χ0n) is 10.3. The second-order valence-corrected chi connectivity index (χ2v) is 3.97. The maximum Gasteiger partial charge on any atom is 0.146 e. The molecule has 0 radical (unpaired) electrons. The van der Waals surface area contributed by atoms with Gasteiger partial charge in [-0.05, 0) is 30.3 Å². The average Bonchev–Trinajstić information content (AvgIpc) is 2.41. The van der Waals surface area contributed by atoms with E-state index in [-0.39, 0.29) is 18.0 Å². The van der Waals surface area contributed by atoms with Crippen molar-refractivity contribution in [1.82, 2.24) is 0 Å². The molecule has 0 amide bonds. The van der Waals surface area contributed by atoms with E-state index in [0.29, 0.717) is 11.3 Å². The maximum absolute atomic E-state index is 13.5. The first-order valence-corrected chi connectivity index (χ1v) is 5.65. The van der Waals surface area contributed by atoms with E-state index in [9.17, 15) is 13.9 Å². The monoisotopic (exact) mass is 265 g/mol. The van der Waals surface area contributed by atoms with Gasteiger partial charge in [0.15, 0.2) is 0 Å². The molecule has 0 saturated heterocycles. The van der Waals surface area contributed by atoms with Gasteiger partial charge in [0.2, 0.25) is 0 Å². The molecule has 2 aromatic rings. The van der Waals surface area contributed by atoms with Crippen molar-refractivity contribution in [2.24, 2.45) is 0 Å². The van der Waals surface area contributed by atoms with Crippen molar-refractivity contribution in [1.29, 1.82) is 0 Å². The first-order valence-electron chi connectivity index (χ1n) is 5.65. The lowest BCUT2D eigenvalue weighted by Crippen LogP contribution is -2.02. The van der Waals surface area contributed by atoms with Crippen LogP contribution >= 0.6 is 0 Å². The molecule has 100 valence electrons. The molecular weight excluding hydrogens is 252 g/mol. The van der Waals surface area contributed by atoms with Gasteiger partial charge in [0, 0.05) is 18.2 Å². The summed E-state index contributed by atoms with van der Waals surface area (Å²) in [6, 6.07) is 7.87. The Hall–Kier alpha value is -2.30. The first-order chi connectivity index (χ1) is 9.10. The molecule has 0 aliphatic heterocycles. The summed E-state index contributed by atoms with van der Waals surface area (Å²) >= 11 is 0. The predicted molar refractivity (Wildman–Crippen MR) is 68.3 cm³/mol. The first kappa shape index (κ1) is 13.1. The highest BCUT2D eigenvalue weighted by Gasteiger charge is 2.06. The standard InChI is InChI=1S/C14H13F2NO2/c1-19-11-3-4-12(16)13(7-11)17-8-9-6-10(15)2-5-14(9)18/h2-7,17-18H,8H2,1H3. The van der Waals surface area contributed by atoms with Crippen LogP contribution in [0.5, 0.6) is 11.5 Å². The summed E-state index contributed by atoms with van der Waals surface area (Å²) in [6.45, 7) is 0.105. The number of rotatable bonds is 4. The van der Waals surface area contributed by atoms with Gasteiger partial charge in [-0.25, -0.2) is 8.78 Å². The lowest BCUT2D eigenvalue weighted by molar-refractivity contribution is 0.414. The number of anilines is 1. The molecule has 2 aromatic carbocycles. The van der Waals surface area contributed by atoms with Gasteiger partial charge in [-0.3, -0.25) is 0 Å². The second-order valence-electron chi connectivity index (χ2n) is 3.97. The molecule has 0 unspecified atom stereocenters. The summed E-state index contributed by atoms with van der Waals surface area (Å²) in [7, 11) is 1.48. The molecule has 0 aromatic heterocycles. The van der Waals surface area contributed by atoms with E-state index in [1.54, 1.807) is 0 Å². The number of hydrogen-bond donors (Lipinski definition) is 2. The summed E-state index contributed by atoms with van der Waals surface area (Å²) in [6.07, 6.45) is 0. The van der Waals surface area contributed by atoms with E-state index in [0.717, 1.165) is 6.07 Å². The number of nitrogens with one attached hydrogen (secondary N) is 1. The molecule has 2 N–H and O–H groups in total. The topological polar surface area (TPSA) is 41.5 Å². The number of halogens is 2. The van der Waals surface area contributed by atoms with E-state index in [1.807, 2.05) is 0 Å². The SMILES string of the molecule is COc1ccc(F)c(NCc2cc(F)ccc2O)c1. The highest BCUT2D eigenvalue weighted by Crippen LogP contribution is 2.23. The van der Waals surface area contributed by atoms with Crippen LogP contribution in [0.25, 0.3) is 0 Å². The Bertz CT molecular complexity index is 588. The van der Waals surface area contributed by atoms with Gasteiger partial charge in [0.1, 0.15) is 23.1 Å². The number of methoxy groups -OCH3 is 1. The molecule has 0 fully saturated rings. The third-order valence-corrected chi connectivity index (χ3v) is 2.68. The third-order valence-electron chi connectivity index (χ3n) is 2.68. The van der Waals surface area contributed by atoms with Crippen LogP contribution in [0.15, 0.2) is 36.4 Å². The van der Waals surface area contributed by atoms with E-state index in [2.05, 4.69) is 5.32 Å². The Labute approximate surface area is 109 Å². The molecule has 19 heavy (non-hydrogen) atoms. The Morgan fingerprint density at radius 3 is 2.68 bits per heavy atom. The second kappa shape index (κ2) is 5.56. The molecule has 0 bridgehead atoms. The Morgan fingerprint density at radius 1 is 1.16 bits per heavy atom. The third kappa shape index (κ3) is 3.13. The van der Waals surface area contributed by atoms with Crippen molar-refractivity contribution in [3.05, 3.63) is 53.6 Å². The highest BCUT2D eigenvalue weighted by atomic mass is 19.1. The van der Waals surface area contributed by atoms with Gasteiger partial charge in [-0.1, -0.05) is 0 Å². The van der Waals surface area contributed by atoms with Crippen molar-refractivity contribution in [2.45, 2.75) is 6.54 Å². The van der Waals surface area contributed by atoms with Gasteiger partial charge in [0.25, 0.3) is 0 Å². The molecule has 0 spiro atoms. The number of ether oxygens (including phenoxy) is 1. The smallest absolute Gasteiger partial charge is 0.146 e. The highest BCUT2D eigenvalue weighted by molar-refractivity contribution is 5.50. The molecule has 3 nitrogen and oxygen atoms in total. The van der Waals surface area contributed by atoms with Crippen molar-refractivity contribution >= 4 is 5.69 Å². The van der Waals surface area contributed by atoms with E-state index < -0.39 is 11.6 Å². The summed E-state index contributed by atoms with van der Waals surface area (Å²) in [5, 5.41) is 12.3. The lowest BCUT2D eigenvalue weighted by Gasteiger charge is -2.10. The Balaban J connectivity index is 2.16. The number of phenolic OH excluding ortho intramolecular Hbond substituents is 1. The summed E-state index contributed by atoms with van der Waals surface area (Å²) in [5.74, 6) is -0.443. The predicted octanol–water partition coefficient (Wildman–Crippen LogP) is 3.29. The van der Waals surface area contributed by atoms with Crippen LogP contribution in [0.2, 0.25) is 0 Å². The summed E-state index contributed by atoms with van der Waals surface area (Å²) in [4.78, 5) is 0. The quantitative estimate of drug-likeness (QED) is 0.891. The van der Waals surface area contributed by atoms with E-state index in [1.165, 1.54) is 37.4 Å². The summed E-state index contributed by atoms with van der Waals surface area (Å²) < 4.78 is 31.6. The fourth-order valence-electron chi connectivity index (χ4n) is 1.65. The molecule has 0 saturated carbocycles. The normalized spacial score (nSPS) is 10.3. The number of phenols is 1. The van der Waals surface area contributed by atoms with Crippen LogP contribution in [-0.2, 0) is 6.54 Å². The van der Waals surface area contributed by atoms with Gasteiger partial charge in [-0.2, -0.15) is 0 Å². The number of aromatic hydroxyl groups is 1. The van der Waals surface area contributed by atoms with Crippen molar-refractivity contribution in [3.63, 3.8) is 0 Å². The minimum atomic E-state index is -0.458. The average molecular weight is 265 g/mol. The molecule has 5 heteroatoms. The zero-order chi connectivity index (χ0) is 13.8. The van der Waals surface area contributed by atoms with Gasteiger partial charge in [0.05, 0.1) is 12.8 Å². The van der Waals surface area contributed by atoms with E-state index >= 15 is 0 Å². The van der Waals surface area contributed by atoms with Crippen LogP contribution in [0.3, 0.4) is 0 Å². The van der Waals surface area contributed by atoms with Crippen molar-refractivity contribution in [3.8, 4) is 11.5 Å². The van der Waals surface area contributed by atoms with Gasteiger partial charge >= 0.3 is 0 Å². The Kier molecular flexibility index (Phi) is 3.85. The molecule has 0 aliphatic rings. The van der Waals surface area contributed by atoms with Gasteiger partial charge in [-0.15, -0.1) is 0 Å². The fraction of sp³-hybridized carbons (Fsp3) is 0.143. The number of benzene rings is 2. The van der Waals surface area contributed by atoms with Crippen LogP contribution in [0.4, 0.5) is 14.5 Å².